The first-order valence-electron chi connectivity index (χ1n) is 10.7. The van der Waals surface area contributed by atoms with Crippen molar-refractivity contribution in [2.45, 2.75) is 12.8 Å². The molecule has 1 aliphatic carbocycles. The first kappa shape index (κ1) is 17.9. The number of nitrogens with zero attached hydrogens (tertiary/aromatic N) is 2. The van der Waals surface area contributed by atoms with Crippen molar-refractivity contribution in [2.75, 3.05) is 0 Å². The summed E-state index contributed by atoms with van der Waals surface area (Å²) < 4.78 is 0. The summed E-state index contributed by atoms with van der Waals surface area (Å²) in [6, 6.07) is 14.7. The minimum absolute atomic E-state index is 0.478. The average molecular weight is 403 g/mol. The van der Waals surface area contributed by atoms with Crippen molar-refractivity contribution in [3.8, 4) is 0 Å². The number of hydrogen-bond donors (Lipinski definition) is 2. The van der Waals surface area contributed by atoms with E-state index in [2.05, 4.69) is 82.8 Å². The lowest BCUT2D eigenvalue weighted by atomic mass is 9.92. The fourth-order valence-corrected chi connectivity index (χ4v) is 4.33. The van der Waals surface area contributed by atoms with E-state index in [0.29, 0.717) is 5.92 Å². The Balaban J connectivity index is 1.61. The fraction of sp³-hybridized carbons (Fsp3) is 0.111. The van der Waals surface area contributed by atoms with Gasteiger partial charge in [-0.15, -0.1) is 0 Å². The van der Waals surface area contributed by atoms with Crippen LogP contribution in [0.1, 0.15) is 34.8 Å². The molecule has 8 bridgehead atoms. The van der Waals surface area contributed by atoms with E-state index in [9.17, 15) is 0 Å². The largest absolute Gasteiger partial charge is 0.355 e. The van der Waals surface area contributed by atoms with Crippen LogP contribution in [0.15, 0.2) is 66.8 Å². The van der Waals surface area contributed by atoms with E-state index in [-0.39, 0.29) is 0 Å². The summed E-state index contributed by atoms with van der Waals surface area (Å²) in [5, 5.41) is 0. The highest BCUT2D eigenvalue weighted by atomic mass is 14.8. The molecule has 0 saturated carbocycles. The van der Waals surface area contributed by atoms with Crippen molar-refractivity contribution in [1.82, 2.24) is 19.9 Å². The lowest BCUT2D eigenvalue weighted by Gasteiger charge is -2.13. The molecule has 0 saturated heterocycles. The minimum Gasteiger partial charge on any atom is -0.355 e. The van der Waals surface area contributed by atoms with Gasteiger partial charge in [0.05, 0.1) is 22.8 Å². The molecular weight excluding hydrogens is 380 g/mol. The van der Waals surface area contributed by atoms with Crippen molar-refractivity contribution in [1.29, 1.82) is 0 Å². The second-order valence-electron chi connectivity index (χ2n) is 8.17. The Bertz CT molecular complexity index is 1440. The zero-order valence-electron chi connectivity index (χ0n) is 17.0. The van der Waals surface area contributed by atoms with Gasteiger partial charge in [0.1, 0.15) is 0 Å². The second-order valence-corrected chi connectivity index (χ2v) is 8.17. The summed E-state index contributed by atoms with van der Waals surface area (Å²) in [6.45, 7) is 0. The van der Waals surface area contributed by atoms with Crippen molar-refractivity contribution < 1.29 is 0 Å². The Kier molecular flexibility index (Phi) is 4.27. The average Bonchev–Trinajstić information content (AvgIpc) is 3.57. The van der Waals surface area contributed by atoms with Crippen LogP contribution in [0.4, 0.5) is 0 Å². The number of allylic oxidation sites excluding steroid dienone is 4. The quantitative estimate of drug-likeness (QED) is 0.362. The number of aromatic nitrogens is 4. The van der Waals surface area contributed by atoms with Crippen molar-refractivity contribution in [3.63, 3.8) is 0 Å². The van der Waals surface area contributed by atoms with Crippen LogP contribution in [-0.4, -0.2) is 19.9 Å². The molecule has 0 fully saturated rings. The molecular formula is C27H22N4. The third kappa shape index (κ3) is 3.68. The molecule has 6 rings (SSSR count). The van der Waals surface area contributed by atoms with Crippen LogP contribution in [0, 0.1) is 5.92 Å². The SMILES string of the molecule is C1=CCC(Cc2c3nc(cc4nc(cc5ccc(cc6ccc2[nH]6)[nH]5)C=C4)C=C3)C=C1. The molecule has 150 valence electrons. The van der Waals surface area contributed by atoms with E-state index >= 15 is 0 Å². The molecule has 3 aliphatic rings. The van der Waals surface area contributed by atoms with Gasteiger partial charge in [-0.25, -0.2) is 9.97 Å². The first-order chi connectivity index (χ1) is 15.3. The first-order valence-corrected chi connectivity index (χ1v) is 10.7. The van der Waals surface area contributed by atoms with Crippen LogP contribution in [0.3, 0.4) is 0 Å². The minimum atomic E-state index is 0.478. The molecule has 0 aromatic carbocycles. The molecule has 0 radical (unpaired) electrons. The summed E-state index contributed by atoms with van der Waals surface area (Å²) in [7, 11) is 0. The second kappa shape index (κ2) is 7.40. The fourth-order valence-electron chi connectivity index (χ4n) is 4.33. The van der Waals surface area contributed by atoms with Gasteiger partial charge in [-0.1, -0.05) is 24.3 Å². The van der Waals surface area contributed by atoms with Gasteiger partial charge in [0.2, 0.25) is 0 Å². The number of fused-ring (bicyclic) bond motifs is 8. The van der Waals surface area contributed by atoms with E-state index in [1.807, 2.05) is 18.2 Å². The van der Waals surface area contributed by atoms with Gasteiger partial charge < -0.3 is 9.97 Å². The van der Waals surface area contributed by atoms with Crippen molar-refractivity contribution in [3.05, 3.63) is 95.1 Å². The summed E-state index contributed by atoms with van der Waals surface area (Å²) >= 11 is 0. The van der Waals surface area contributed by atoms with Gasteiger partial charge in [0.15, 0.2) is 0 Å². The Hall–Kier alpha value is -3.92. The highest BCUT2D eigenvalue weighted by molar-refractivity contribution is 5.79. The van der Waals surface area contributed by atoms with E-state index in [1.165, 1.54) is 5.56 Å². The summed E-state index contributed by atoms with van der Waals surface area (Å²) in [6.07, 6.45) is 19.1. The van der Waals surface area contributed by atoms with Crippen LogP contribution < -0.4 is 0 Å². The molecule has 0 spiro atoms. The van der Waals surface area contributed by atoms with Crippen LogP contribution in [0.5, 0.6) is 0 Å². The molecule has 1 atom stereocenters. The summed E-state index contributed by atoms with van der Waals surface area (Å²) in [5.41, 5.74) is 9.34. The van der Waals surface area contributed by atoms with E-state index in [0.717, 1.165) is 57.7 Å². The van der Waals surface area contributed by atoms with Crippen LogP contribution in [0.25, 0.3) is 46.4 Å². The molecule has 2 aliphatic heterocycles. The Morgan fingerprint density at radius 2 is 1.48 bits per heavy atom. The molecule has 3 aromatic rings. The maximum atomic E-state index is 4.94. The topological polar surface area (TPSA) is 57.4 Å². The van der Waals surface area contributed by atoms with Crippen LogP contribution in [0.2, 0.25) is 0 Å². The van der Waals surface area contributed by atoms with Crippen LogP contribution in [-0.2, 0) is 6.42 Å². The molecule has 3 aromatic heterocycles. The number of nitrogens with one attached hydrogen (secondary N) is 2. The molecule has 0 amide bonds. The number of rotatable bonds is 2. The Morgan fingerprint density at radius 1 is 0.742 bits per heavy atom. The zero-order valence-corrected chi connectivity index (χ0v) is 17.0. The van der Waals surface area contributed by atoms with Gasteiger partial charge in [0, 0.05) is 27.6 Å². The Morgan fingerprint density at radius 3 is 2.35 bits per heavy atom. The maximum Gasteiger partial charge on any atom is 0.0690 e. The van der Waals surface area contributed by atoms with E-state index in [4.69, 9.17) is 9.97 Å². The molecule has 2 N–H and O–H groups in total. The monoisotopic (exact) mass is 402 g/mol. The third-order valence-electron chi connectivity index (χ3n) is 5.86. The van der Waals surface area contributed by atoms with Gasteiger partial charge in [-0.2, -0.15) is 0 Å². The highest BCUT2D eigenvalue weighted by Gasteiger charge is 2.14. The van der Waals surface area contributed by atoms with E-state index in [1.54, 1.807) is 0 Å². The predicted octanol–water partition coefficient (Wildman–Crippen LogP) is 6.33. The number of H-pyrrole nitrogens is 2. The molecule has 4 heteroatoms. The lowest BCUT2D eigenvalue weighted by molar-refractivity contribution is 0.653. The third-order valence-corrected chi connectivity index (χ3v) is 5.86. The lowest BCUT2D eigenvalue weighted by Crippen LogP contribution is -2.04. The van der Waals surface area contributed by atoms with Crippen LogP contribution >= 0.6 is 0 Å². The van der Waals surface area contributed by atoms with Gasteiger partial charge in [-0.3, -0.25) is 0 Å². The Labute approximate surface area is 180 Å². The maximum absolute atomic E-state index is 4.94. The molecule has 4 nitrogen and oxygen atoms in total. The standard InChI is InChI=1S/C27H22N4/c1-2-4-18(5-3-1)14-25-26-12-10-23(30-26)16-21-8-6-19(28-21)15-20-7-9-22(29-20)17-24-11-13-27(25)31-24/h1-4,6-13,15-18,28,30H,5,14H2. The highest BCUT2D eigenvalue weighted by Crippen LogP contribution is 2.26. The number of hydrogen-bond acceptors (Lipinski definition) is 2. The normalized spacial score (nSPS) is 16.8. The molecule has 31 heavy (non-hydrogen) atoms. The zero-order chi connectivity index (χ0) is 20.6. The van der Waals surface area contributed by atoms with Gasteiger partial charge in [0.25, 0.3) is 0 Å². The smallest absolute Gasteiger partial charge is 0.0690 e. The van der Waals surface area contributed by atoms with Crippen molar-refractivity contribution in [2.24, 2.45) is 5.92 Å². The van der Waals surface area contributed by atoms with Gasteiger partial charge in [-0.05, 0) is 85.5 Å². The summed E-state index contributed by atoms with van der Waals surface area (Å²) in [5.74, 6) is 0.478. The van der Waals surface area contributed by atoms with Crippen molar-refractivity contribution >= 4 is 46.4 Å². The van der Waals surface area contributed by atoms with Gasteiger partial charge >= 0.3 is 0 Å². The molecule has 1 unspecified atom stereocenters. The van der Waals surface area contributed by atoms with E-state index < -0.39 is 0 Å². The number of aromatic amines is 2. The summed E-state index contributed by atoms with van der Waals surface area (Å²) in [4.78, 5) is 16.7. The molecule has 5 heterocycles. The predicted molar refractivity (Wildman–Crippen MR) is 129 cm³/mol.